The van der Waals surface area contributed by atoms with Gasteiger partial charge in [-0.05, 0) is 19.1 Å². The van der Waals surface area contributed by atoms with Gasteiger partial charge in [-0.25, -0.2) is 18.4 Å². The molecule has 0 atom stereocenters. The second-order valence-corrected chi connectivity index (χ2v) is 6.39. The summed E-state index contributed by atoms with van der Waals surface area (Å²) in [6.45, 7) is 1.89. The summed E-state index contributed by atoms with van der Waals surface area (Å²) in [6.07, 6.45) is 1.42. The highest BCUT2D eigenvalue weighted by Gasteiger charge is 2.11. The molecule has 0 aliphatic carbocycles. The minimum absolute atomic E-state index is 0.230. The van der Waals surface area contributed by atoms with Gasteiger partial charge in [0.15, 0.2) is 22.2 Å². The molecule has 9 nitrogen and oxygen atoms in total. The molecular weight excluding hydrogens is 342 g/mol. The van der Waals surface area contributed by atoms with Gasteiger partial charge >= 0.3 is 0 Å². The van der Waals surface area contributed by atoms with Crippen LogP contribution in [0.5, 0.6) is 0 Å². The fourth-order valence-corrected chi connectivity index (χ4v) is 2.88. The van der Waals surface area contributed by atoms with Crippen LogP contribution in [-0.4, -0.2) is 38.2 Å². The monoisotopic (exact) mass is 355 g/mol. The van der Waals surface area contributed by atoms with E-state index in [0.29, 0.717) is 28.7 Å². The summed E-state index contributed by atoms with van der Waals surface area (Å²) >= 11 is 0. The number of nitrogens with one attached hydrogen (secondary N) is 2. The molecule has 0 amide bonds. The molecule has 0 aliphatic rings. The van der Waals surface area contributed by atoms with E-state index in [2.05, 4.69) is 30.6 Å². The molecule has 4 rings (SSSR count). The summed E-state index contributed by atoms with van der Waals surface area (Å²) in [6, 6.07) is 10.2. The highest BCUT2D eigenvalue weighted by atomic mass is 32.2. The first-order chi connectivity index (χ1) is 12.1. The zero-order chi connectivity index (χ0) is 17.4. The minimum Gasteiger partial charge on any atom is -0.307 e. The fraction of sp³-hybridized carbons (Fsp3) is 0.0667. The van der Waals surface area contributed by atoms with Crippen LogP contribution in [0.4, 0.5) is 11.8 Å². The highest BCUT2D eigenvalue weighted by Crippen LogP contribution is 2.23. The Balaban J connectivity index is 1.84. The second-order valence-electron chi connectivity index (χ2n) is 5.36. The molecule has 2 N–H and O–H groups in total. The number of thiol groups is 1. The molecule has 10 heteroatoms. The minimum atomic E-state index is -2.66. The third kappa shape index (κ3) is 2.94. The number of aromatic amines is 1. The molecule has 0 unspecified atom stereocenters. The Hall–Kier alpha value is -3.27. The van der Waals surface area contributed by atoms with Crippen molar-refractivity contribution >= 4 is 28.1 Å². The largest absolute Gasteiger partial charge is 0.307 e. The number of aryl methyl sites for hydroxylation is 1. The van der Waals surface area contributed by atoms with E-state index in [1.165, 1.54) is 12.4 Å². The molecular formula is C15H13N7O2S. The smallest absolute Gasteiger partial charge is 0.232 e. The molecule has 0 bridgehead atoms. The third-order valence-electron chi connectivity index (χ3n) is 3.57. The molecule has 0 fully saturated rings. The van der Waals surface area contributed by atoms with Crippen molar-refractivity contribution in [3.63, 3.8) is 0 Å². The summed E-state index contributed by atoms with van der Waals surface area (Å²) < 4.78 is 24.0. The maximum atomic E-state index is 11.2. The van der Waals surface area contributed by atoms with Gasteiger partial charge in [-0.3, -0.25) is 5.10 Å². The Morgan fingerprint density at radius 2 is 2.08 bits per heavy atom. The number of H-pyrrole nitrogens is 1. The Labute approximate surface area is 143 Å². The van der Waals surface area contributed by atoms with E-state index in [0.717, 1.165) is 5.69 Å². The summed E-state index contributed by atoms with van der Waals surface area (Å²) in [7, 11) is -2.66. The Bertz CT molecular complexity index is 1140. The Kier molecular flexibility index (Phi) is 3.65. The van der Waals surface area contributed by atoms with E-state index in [9.17, 15) is 8.42 Å². The van der Waals surface area contributed by atoms with Gasteiger partial charge in [0.05, 0.1) is 10.6 Å². The van der Waals surface area contributed by atoms with E-state index in [-0.39, 0.29) is 4.90 Å². The first-order valence-electron chi connectivity index (χ1n) is 7.35. The molecule has 4 aromatic rings. The maximum absolute atomic E-state index is 11.2. The Morgan fingerprint density at radius 1 is 1.20 bits per heavy atom. The summed E-state index contributed by atoms with van der Waals surface area (Å²) in [5.41, 5.74) is 2.73. The average Bonchev–Trinajstić information content (AvgIpc) is 3.23. The number of benzene rings is 1. The van der Waals surface area contributed by atoms with Crippen molar-refractivity contribution in [2.45, 2.75) is 11.8 Å². The van der Waals surface area contributed by atoms with Gasteiger partial charge in [0.25, 0.3) is 0 Å². The number of nitrogens with zero attached hydrogens (tertiary/aromatic N) is 5. The zero-order valence-electron chi connectivity index (χ0n) is 13.0. The molecule has 1 aromatic carbocycles. The predicted octanol–water partition coefficient (Wildman–Crippen LogP) is 1.54. The van der Waals surface area contributed by atoms with Gasteiger partial charge in [-0.1, -0.05) is 12.1 Å². The summed E-state index contributed by atoms with van der Waals surface area (Å²) in [5.74, 6) is 1.02. The molecule has 0 spiro atoms. The van der Waals surface area contributed by atoms with Crippen LogP contribution in [0.25, 0.3) is 16.9 Å². The van der Waals surface area contributed by atoms with E-state index in [1.807, 2.05) is 13.0 Å². The highest BCUT2D eigenvalue weighted by molar-refractivity contribution is 7.72. The molecule has 3 heterocycles. The van der Waals surface area contributed by atoms with Crippen molar-refractivity contribution in [2.75, 3.05) is 5.32 Å². The van der Waals surface area contributed by atoms with E-state index < -0.39 is 10.7 Å². The van der Waals surface area contributed by atoms with Crippen molar-refractivity contribution in [1.82, 2.24) is 29.8 Å². The lowest BCUT2D eigenvalue weighted by Crippen LogP contribution is -2.04. The third-order valence-corrected chi connectivity index (χ3v) is 4.27. The molecule has 3 aromatic heterocycles. The van der Waals surface area contributed by atoms with Gasteiger partial charge < -0.3 is 5.32 Å². The van der Waals surface area contributed by atoms with Crippen molar-refractivity contribution in [3.05, 3.63) is 48.4 Å². The molecule has 25 heavy (non-hydrogen) atoms. The Morgan fingerprint density at radius 3 is 2.84 bits per heavy atom. The van der Waals surface area contributed by atoms with Crippen LogP contribution < -0.4 is 5.32 Å². The number of hydrogen-bond acceptors (Lipinski definition) is 7. The molecule has 0 saturated heterocycles. The van der Waals surface area contributed by atoms with Gasteiger partial charge in [0.2, 0.25) is 5.95 Å². The lowest BCUT2D eigenvalue weighted by Gasteiger charge is -2.08. The summed E-state index contributed by atoms with van der Waals surface area (Å²) in [4.78, 5) is 8.97. The number of hydrogen-bond donors (Lipinski definition) is 3. The van der Waals surface area contributed by atoms with Crippen LogP contribution in [-0.2, 0) is 10.7 Å². The molecule has 0 saturated carbocycles. The lowest BCUT2D eigenvalue weighted by molar-refractivity contribution is 0.614. The van der Waals surface area contributed by atoms with Crippen molar-refractivity contribution in [3.8, 4) is 11.3 Å². The molecule has 0 radical (unpaired) electrons. The first-order valence-corrected chi connectivity index (χ1v) is 8.52. The summed E-state index contributed by atoms with van der Waals surface area (Å²) in [5, 5.41) is 14.2. The van der Waals surface area contributed by atoms with Gasteiger partial charge in [-0.2, -0.15) is 14.7 Å². The molecule has 126 valence electrons. The maximum Gasteiger partial charge on any atom is 0.232 e. The number of fused-ring (bicyclic) bond motifs is 1. The SMILES string of the molecule is Cc1cc(Nc2nc(-c3cccc([SH](=O)=O)c3)cc3ncnn23)n[nH]1. The topological polar surface area (TPSA) is 118 Å². The van der Waals surface area contributed by atoms with Crippen molar-refractivity contribution in [2.24, 2.45) is 0 Å². The van der Waals surface area contributed by atoms with E-state index >= 15 is 0 Å². The zero-order valence-corrected chi connectivity index (χ0v) is 13.9. The van der Waals surface area contributed by atoms with E-state index in [4.69, 9.17) is 0 Å². The van der Waals surface area contributed by atoms with Crippen LogP contribution in [0.1, 0.15) is 5.69 Å². The van der Waals surface area contributed by atoms with E-state index in [1.54, 1.807) is 28.8 Å². The lowest BCUT2D eigenvalue weighted by atomic mass is 10.1. The number of anilines is 2. The van der Waals surface area contributed by atoms with Crippen LogP contribution in [0.15, 0.2) is 47.6 Å². The normalized spacial score (nSPS) is 11.3. The van der Waals surface area contributed by atoms with Gasteiger partial charge in [-0.15, -0.1) is 0 Å². The average molecular weight is 355 g/mol. The van der Waals surface area contributed by atoms with Crippen molar-refractivity contribution in [1.29, 1.82) is 0 Å². The van der Waals surface area contributed by atoms with Crippen LogP contribution >= 0.6 is 0 Å². The van der Waals surface area contributed by atoms with Crippen molar-refractivity contribution < 1.29 is 8.42 Å². The van der Waals surface area contributed by atoms with Gasteiger partial charge in [0.1, 0.15) is 6.33 Å². The first kappa shape index (κ1) is 15.3. The standard InChI is InChI=1S/C15H13N7O2S/c1-9-5-13(21-20-9)19-15-18-12(7-14-16-8-17-22(14)15)10-3-2-4-11(6-10)25(23)24/h2-8,25H,1H3,(H2,18,19,20,21). The van der Waals surface area contributed by atoms with Crippen LogP contribution in [0, 0.1) is 6.92 Å². The predicted molar refractivity (Wildman–Crippen MR) is 91.4 cm³/mol. The van der Waals surface area contributed by atoms with Gasteiger partial charge in [0, 0.05) is 23.4 Å². The van der Waals surface area contributed by atoms with Crippen LogP contribution in [0.2, 0.25) is 0 Å². The second kappa shape index (κ2) is 5.98. The van der Waals surface area contributed by atoms with Crippen LogP contribution in [0.3, 0.4) is 0 Å². The number of rotatable bonds is 4. The fourth-order valence-electron chi connectivity index (χ4n) is 2.43. The number of aromatic nitrogens is 6. The quantitative estimate of drug-likeness (QED) is 0.475. The molecule has 0 aliphatic heterocycles.